The summed E-state index contributed by atoms with van der Waals surface area (Å²) >= 11 is 7.71. The highest BCUT2D eigenvalue weighted by Gasteiger charge is 2.10. The van der Waals surface area contributed by atoms with Gasteiger partial charge in [0.15, 0.2) is 0 Å². The number of hydrogen-bond donors (Lipinski definition) is 2. The van der Waals surface area contributed by atoms with E-state index in [1.54, 1.807) is 11.8 Å². The van der Waals surface area contributed by atoms with Gasteiger partial charge in [-0.1, -0.05) is 41.9 Å². The molecule has 0 aliphatic carbocycles. The minimum absolute atomic E-state index is 0. The van der Waals surface area contributed by atoms with Gasteiger partial charge in [0.05, 0.1) is 5.02 Å². The molecule has 6 heteroatoms. The Morgan fingerprint density at radius 1 is 1.17 bits per heavy atom. The van der Waals surface area contributed by atoms with E-state index in [1.165, 1.54) is 11.1 Å². The zero-order chi connectivity index (χ0) is 16.1. The fourth-order valence-corrected chi connectivity index (χ4v) is 3.75. The molecule has 0 bridgehead atoms. The summed E-state index contributed by atoms with van der Waals surface area (Å²) in [4.78, 5) is 13.0. The SMILES string of the molecule is Cl.O=C(CCSc1ccccc1Cl)NCc1ccc2c(c1)CNC2. The molecular weight excluding hydrogens is 363 g/mol. The average molecular weight is 383 g/mol. The Morgan fingerprint density at radius 3 is 2.79 bits per heavy atom. The first-order valence-corrected chi connectivity index (χ1v) is 9.04. The van der Waals surface area contributed by atoms with Gasteiger partial charge in [-0.2, -0.15) is 0 Å². The molecule has 2 N–H and O–H groups in total. The second-order valence-electron chi connectivity index (χ2n) is 5.51. The molecule has 0 atom stereocenters. The number of carbonyl (C=O) groups is 1. The van der Waals surface area contributed by atoms with Gasteiger partial charge in [0.25, 0.3) is 0 Å². The van der Waals surface area contributed by atoms with Gasteiger partial charge in [-0.05, 0) is 28.8 Å². The number of hydrogen-bond acceptors (Lipinski definition) is 3. The van der Waals surface area contributed by atoms with Crippen LogP contribution in [0.1, 0.15) is 23.1 Å². The maximum Gasteiger partial charge on any atom is 0.221 e. The van der Waals surface area contributed by atoms with Crippen LogP contribution in [0.5, 0.6) is 0 Å². The molecule has 2 aromatic carbocycles. The molecular formula is C18H20Cl2N2OS. The van der Waals surface area contributed by atoms with Crippen molar-refractivity contribution in [2.75, 3.05) is 5.75 Å². The van der Waals surface area contributed by atoms with Crippen molar-refractivity contribution in [3.05, 3.63) is 64.2 Å². The van der Waals surface area contributed by atoms with E-state index in [2.05, 4.69) is 28.8 Å². The summed E-state index contributed by atoms with van der Waals surface area (Å²) in [6.07, 6.45) is 0.488. The van der Waals surface area contributed by atoms with Gasteiger partial charge in [0.1, 0.15) is 0 Å². The van der Waals surface area contributed by atoms with Gasteiger partial charge < -0.3 is 10.6 Å². The maximum atomic E-state index is 12.0. The molecule has 0 radical (unpaired) electrons. The quantitative estimate of drug-likeness (QED) is 0.736. The van der Waals surface area contributed by atoms with Crippen molar-refractivity contribution in [1.82, 2.24) is 10.6 Å². The Hall–Kier alpha value is -1.20. The molecule has 2 aromatic rings. The number of amides is 1. The summed E-state index contributed by atoms with van der Waals surface area (Å²) < 4.78 is 0. The summed E-state index contributed by atoms with van der Waals surface area (Å²) in [5.41, 5.74) is 3.85. The van der Waals surface area contributed by atoms with Crippen LogP contribution in [0.2, 0.25) is 5.02 Å². The first-order valence-electron chi connectivity index (χ1n) is 7.68. The average Bonchev–Trinajstić information content (AvgIpc) is 3.02. The molecule has 24 heavy (non-hydrogen) atoms. The van der Waals surface area contributed by atoms with E-state index >= 15 is 0 Å². The molecule has 1 amide bonds. The lowest BCUT2D eigenvalue weighted by molar-refractivity contribution is -0.120. The minimum atomic E-state index is 0. The number of thioether (sulfide) groups is 1. The molecule has 1 aliphatic rings. The fourth-order valence-electron chi connectivity index (χ4n) is 2.56. The van der Waals surface area contributed by atoms with Crippen molar-refractivity contribution >= 4 is 41.7 Å². The molecule has 3 rings (SSSR count). The first kappa shape index (κ1) is 19.1. The first-order chi connectivity index (χ1) is 11.2. The number of fused-ring (bicyclic) bond motifs is 1. The lowest BCUT2D eigenvalue weighted by Crippen LogP contribution is -2.23. The van der Waals surface area contributed by atoms with Crippen LogP contribution >= 0.6 is 35.8 Å². The summed E-state index contributed by atoms with van der Waals surface area (Å²) in [5, 5.41) is 7.05. The molecule has 1 heterocycles. The lowest BCUT2D eigenvalue weighted by atomic mass is 10.1. The van der Waals surface area contributed by atoms with Gasteiger partial charge in [0, 0.05) is 36.7 Å². The topological polar surface area (TPSA) is 41.1 Å². The van der Waals surface area contributed by atoms with Crippen molar-refractivity contribution in [2.45, 2.75) is 31.0 Å². The zero-order valence-corrected chi connectivity index (χ0v) is 15.6. The van der Waals surface area contributed by atoms with Crippen molar-refractivity contribution in [1.29, 1.82) is 0 Å². The third-order valence-corrected chi connectivity index (χ3v) is 5.33. The molecule has 128 valence electrons. The summed E-state index contributed by atoms with van der Waals surface area (Å²) in [7, 11) is 0. The van der Waals surface area contributed by atoms with E-state index in [1.807, 2.05) is 24.3 Å². The smallest absolute Gasteiger partial charge is 0.221 e. The molecule has 0 spiro atoms. The number of halogens is 2. The van der Waals surface area contributed by atoms with Gasteiger partial charge in [-0.15, -0.1) is 24.2 Å². The van der Waals surface area contributed by atoms with Crippen LogP contribution in [0.25, 0.3) is 0 Å². The molecule has 3 nitrogen and oxygen atoms in total. The second kappa shape index (κ2) is 9.33. The third-order valence-electron chi connectivity index (χ3n) is 3.81. The van der Waals surface area contributed by atoms with Crippen LogP contribution < -0.4 is 10.6 Å². The summed E-state index contributed by atoms with van der Waals surface area (Å²) in [6, 6.07) is 14.1. The Bertz CT molecular complexity index is 709. The summed E-state index contributed by atoms with van der Waals surface area (Å²) in [6.45, 7) is 2.45. The van der Waals surface area contributed by atoms with E-state index < -0.39 is 0 Å². The molecule has 0 saturated carbocycles. The number of carbonyl (C=O) groups excluding carboxylic acids is 1. The third kappa shape index (κ3) is 5.15. The normalized spacial score (nSPS) is 12.4. The fraction of sp³-hybridized carbons (Fsp3) is 0.278. The molecule has 0 unspecified atom stereocenters. The largest absolute Gasteiger partial charge is 0.352 e. The van der Waals surface area contributed by atoms with Gasteiger partial charge >= 0.3 is 0 Å². The van der Waals surface area contributed by atoms with Crippen molar-refractivity contribution in [3.63, 3.8) is 0 Å². The predicted molar refractivity (Wildman–Crippen MR) is 103 cm³/mol. The van der Waals surface area contributed by atoms with E-state index in [-0.39, 0.29) is 18.3 Å². The van der Waals surface area contributed by atoms with Crippen LogP contribution in [0.15, 0.2) is 47.4 Å². The monoisotopic (exact) mass is 382 g/mol. The highest BCUT2D eigenvalue weighted by Crippen LogP contribution is 2.26. The molecule has 0 fully saturated rings. The van der Waals surface area contributed by atoms with Gasteiger partial charge in [-0.25, -0.2) is 0 Å². The minimum Gasteiger partial charge on any atom is -0.352 e. The zero-order valence-electron chi connectivity index (χ0n) is 13.2. The highest BCUT2D eigenvalue weighted by molar-refractivity contribution is 7.99. The predicted octanol–water partition coefficient (Wildman–Crippen LogP) is 4.16. The van der Waals surface area contributed by atoms with Gasteiger partial charge in [-0.3, -0.25) is 4.79 Å². The molecule has 0 aromatic heterocycles. The van der Waals surface area contributed by atoms with Crippen molar-refractivity contribution in [2.24, 2.45) is 0 Å². The van der Waals surface area contributed by atoms with E-state index in [0.29, 0.717) is 13.0 Å². The Labute approximate surface area is 158 Å². The molecule has 1 aliphatic heterocycles. The van der Waals surface area contributed by atoms with E-state index in [9.17, 15) is 4.79 Å². The highest BCUT2D eigenvalue weighted by atomic mass is 35.5. The van der Waals surface area contributed by atoms with Crippen LogP contribution in [0.4, 0.5) is 0 Å². The second-order valence-corrected chi connectivity index (χ2v) is 7.06. The van der Waals surface area contributed by atoms with Crippen LogP contribution in [0.3, 0.4) is 0 Å². The lowest BCUT2D eigenvalue weighted by Gasteiger charge is -2.07. The summed E-state index contributed by atoms with van der Waals surface area (Å²) in [5.74, 6) is 0.798. The Balaban J connectivity index is 0.00000208. The maximum absolute atomic E-state index is 12.0. The van der Waals surface area contributed by atoms with E-state index in [0.717, 1.165) is 34.3 Å². The Kier molecular flexibility index (Phi) is 7.43. The molecule has 0 saturated heterocycles. The van der Waals surface area contributed by atoms with Gasteiger partial charge in [0.2, 0.25) is 5.91 Å². The number of benzene rings is 2. The van der Waals surface area contributed by atoms with Crippen LogP contribution in [-0.4, -0.2) is 11.7 Å². The van der Waals surface area contributed by atoms with Crippen LogP contribution in [0, 0.1) is 0 Å². The van der Waals surface area contributed by atoms with Crippen molar-refractivity contribution < 1.29 is 4.79 Å². The number of rotatable bonds is 6. The standard InChI is InChI=1S/C18H19ClN2OS.ClH/c19-16-3-1-2-4-17(16)23-8-7-18(22)21-10-13-5-6-14-11-20-12-15(14)9-13;/h1-6,9,20H,7-8,10-12H2,(H,21,22);1H. The van der Waals surface area contributed by atoms with E-state index in [4.69, 9.17) is 11.6 Å². The number of nitrogens with one attached hydrogen (secondary N) is 2. The Morgan fingerprint density at radius 2 is 1.96 bits per heavy atom. The van der Waals surface area contributed by atoms with Crippen molar-refractivity contribution in [3.8, 4) is 0 Å². The van der Waals surface area contributed by atoms with Crippen LogP contribution in [-0.2, 0) is 24.4 Å².